The minimum Gasteiger partial charge on any atom is -0.478 e. The van der Waals surface area contributed by atoms with Gasteiger partial charge in [0.05, 0.1) is 24.8 Å². The van der Waals surface area contributed by atoms with Crippen LogP contribution in [-0.4, -0.2) is 96.2 Å². The molecule has 1 unspecified atom stereocenters. The van der Waals surface area contributed by atoms with Crippen LogP contribution in [0.5, 0.6) is 0 Å². The van der Waals surface area contributed by atoms with E-state index >= 15 is 0 Å². The Morgan fingerprint density at radius 1 is 0.788 bits per heavy atom. The number of hydrogen-bond donors (Lipinski definition) is 6. The molecular weight excluding hydrogens is 839 g/mol. The van der Waals surface area contributed by atoms with Gasteiger partial charge in [-0.05, 0) is 86.5 Å². The molecule has 0 aliphatic carbocycles. The second-order valence-corrected chi connectivity index (χ2v) is 18.5. The van der Waals surface area contributed by atoms with Gasteiger partial charge >= 0.3 is 5.97 Å². The fourth-order valence-electron chi connectivity index (χ4n) is 7.75. The van der Waals surface area contributed by atoms with Gasteiger partial charge in [0, 0.05) is 42.6 Å². The number of nitrogens with zero attached hydrogens (tertiary/aromatic N) is 2. The van der Waals surface area contributed by atoms with Crippen molar-refractivity contribution in [2.24, 2.45) is 5.41 Å². The third-order valence-corrected chi connectivity index (χ3v) is 11.9. The molecule has 0 bridgehead atoms. The van der Waals surface area contributed by atoms with Crippen LogP contribution < -0.4 is 31.5 Å². The number of likely N-dealkylation sites (N-methyl/N-ethyl adjacent to an activating group) is 2. The van der Waals surface area contributed by atoms with Crippen molar-refractivity contribution >= 4 is 64.9 Å². The van der Waals surface area contributed by atoms with E-state index in [0.717, 1.165) is 22.4 Å². The summed E-state index contributed by atoms with van der Waals surface area (Å²) in [6, 6.07) is 19.4. The van der Waals surface area contributed by atoms with E-state index in [-0.39, 0.29) is 42.7 Å². The molecule has 0 saturated carbocycles. The standard InChI is InChI=1S/C51H67N7O8/c1-32(49(65)66)28-33(2)57(10)48(64)45(50(4,5)6)56-47(63)44(52-9)51(7,8)38-21-17-22-39(29-38)55-46(62)34(3)54-42(60)30-53-41(59)24-15-16-25-43(61)58-31-37-20-12-11-18-35(37)26-27-36-19-13-14-23-40(36)58/h11-14,17-23,26-29,33-34,44-45,52H,15-16,24-25,30-31H2,1-10H3,(H,53,59)(H,54,60)(H,55,62)(H,56,63)(H,65,66)/b27-26?,32-28+/t33-,34-,44?,45+/m0/s1. The molecule has 0 saturated heterocycles. The SMILES string of the molecule is CNC(C(=O)N[C@H](C(=O)N(C)[C@@H](C)/C=C(\C)C(=O)O)C(C)(C)C)C(C)(C)c1cccc(NC(=O)[C@H](C)NC(=O)CNC(=O)CCCCC(=O)N2Cc3ccccc3C=Cc3ccccc32)c1. The lowest BCUT2D eigenvalue weighted by molar-refractivity contribution is -0.140. The molecule has 0 spiro atoms. The summed E-state index contributed by atoms with van der Waals surface area (Å²) >= 11 is 0. The highest BCUT2D eigenvalue weighted by atomic mass is 16.4. The summed E-state index contributed by atoms with van der Waals surface area (Å²) in [4.78, 5) is 94.6. The molecule has 66 heavy (non-hydrogen) atoms. The highest BCUT2D eigenvalue weighted by Gasteiger charge is 2.41. The van der Waals surface area contributed by atoms with E-state index in [4.69, 9.17) is 0 Å². The van der Waals surface area contributed by atoms with Crippen molar-refractivity contribution in [2.45, 2.75) is 117 Å². The lowest BCUT2D eigenvalue weighted by Crippen LogP contribution is -2.61. The van der Waals surface area contributed by atoms with Crippen molar-refractivity contribution in [3.8, 4) is 0 Å². The second-order valence-electron chi connectivity index (χ2n) is 18.5. The van der Waals surface area contributed by atoms with Gasteiger partial charge in [0.1, 0.15) is 12.1 Å². The van der Waals surface area contributed by atoms with E-state index in [1.807, 2.05) is 95.3 Å². The zero-order chi connectivity index (χ0) is 48.9. The molecule has 4 rings (SSSR count). The Hall–Kier alpha value is -6.61. The van der Waals surface area contributed by atoms with Gasteiger partial charge in [-0.15, -0.1) is 0 Å². The van der Waals surface area contributed by atoms with Crippen LogP contribution in [0.15, 0.2) is 84.4 Å². The molecule has 3 aromatic rings. The monoisotopic (exact) mass is 906 g/mol. The van der Waals surface area contributed by atoms with Crippen LogP contribution in [0.4, 0.5) is 11.4 Å². The molecule has 6 N–H and O–H groups in total. The summed E-state index contributed by atoms with van der Waals surface area (Å²) in [6.45, 7) is 14.0. The van der Waals surface area contributed by atoms with Gasteiger partial charge in [0.2, 0.25) is 35.4 Å². The number of carbonyl (C=O) groups excluding carboxylic acids is 6. The van der Waals surface area contributed by atoms with Crippen LogP contribution in [0.1, 0.15) is 103 Å². The maximum absolute atomic E-state index is 14.0. The lowest BCUT2D eigenvalue weighted by Gasteiger charge is -2.39. The van der Waals surface area contributed by atoms with Crippen LogP contribution in [-0.2, 0) is 45.5 Å². The third kappa shape index (κ3) is 13.9. The molecule has 1 aliphatic heterocycles. The van der Waals surface area contributed by atoms with Crippen LogP contribution in [0.2, 0.25) is 0 Å². The number of hydrogen-bond acceptors (Lipinski definition) is 8. The summed E-state index contributed by atoms with van der Waals surface area (Å²) < 4.78 is 0. The highest BCUT2D eigenvalue weighted by molar-refractivity contribution is 5.98. The molecule has 354 valence electrons. The van der Waals surface area contributed by atoms with E-state index in [9.17, 15) is 38.7 Å². The molecular formula is C51H67N7O8. The van der Waals surface area contributed by atoms with Crippen molar-refractivity contribution in [2.75, 3.05) is 30.9 Å². The fourth-order valence-corrected chi connectivity index (χ4v) is 7.75. The maximum Gasteiger partial charge on any atom is 0.331 e. The maximum atomic E-state index is 14.0. The smallest absolute Gasteiger partial charge is 0.331 e. The summed E-state index contributed by atoms with van der Waals surface area (Å²) in [5.74, 6) is -3.34. The number of rotatable bonds is 19. The fraction of sp³-hybridized carbons (Fsp3) is 0.431. The Morgan fingerprint density at radius 2 is 1.42 bits per heavy atom. The van der Waals surface area contributed by atoms with Crippen LogP contribution in [0, 0.1) is 5.41 Å². The first-order chi connectivity index (χ1) is 31.0. The average molecular weight is 906 g/mol. The summed E-state index contributed by atoms with van der Waals surface area (Å²) in [5.41, 5.74) is 3.53. The third-order valence-electron chi connectivity index (χ3n) is 11.9. The van der Waals surface area contributed by atoms with Crippen molar-refractivity contribution in [1.82, 2.24) is 26.2 Å². The Bertz CT molecular complexity index is 2330. The van der Waals surface area contributed by atoms with Gasteiger partial charge in [0.15, 0.2) is 0 Å². The number of amides is 6. The Kier molecular flexibility index (Phi) is 18.1. The van der Waals surface area contributed by atoms with Gasteiger partial charge in [0.25, 0.3) is 0 Å². The number of anilines is 2. The van der Waals surface area contributed by atoms with Crippen molar-refractivity contribution in [3.63, 3.8) is 0 Å². The Balaban J connectivity index is 1.27. The predicted octanol–water partition coefficient (Wildman–Crippen LogP) is 5.80. The van der Waals surface area contributed by atoms with E-state index in [1.54, 1.807) is 44.1 Å². The minimum atomic E-state index is -1.09. The molecule has 0 radical (unpaired) electrons. The van der Waals surface area contributed by atoms with Crippen molar-refractivity contribution in [1.29, 1.82) is 0 Å². The molecule has 6 amide bonds. The predicted molar refractivity (Wildman–Crippen MR) is 258 cm³/mol. The largest absolute Gasteiger partial charge is 0.478 e. The van der Waals surface area contributed by atoms with E-state index in [1.165, 1.54) is 24.8 Å². The molecule has 0 aromatic heterocycles. The second kappa shape index (κ2) is 23.0. The van der Waals surface area contributed by atoms with Crippen LogP contribution >= 0.6 is 0 Å². The first-order valence-corrected chi connectivity index (χ1v) is 22.3. The van der Waals surface area contributed by atoms with Crippen molar-refractivity contribution < 1.29 is 38.7 Å². The number of carbonyl (C=O) groups is 7. The normalized spacial score (nSPS) is 14.5. The zero-order valence-electron chi connectivity index (χ0n) is 39.9. The van der Waals surface area contributed by atoms with Gasteiger partial charge in [-0.25, -0.2) is 4.79 Å². The molecule has 0 fully saturated rings. The highest BCUT2D eigenvalue weighted by Crippen LogP contribution is 2.32. The van der Waals surface area contributed by atoms with Crippen molar-refractivity contribution in [3.05, 3.63) is 107 Å². The molecule has 1 aliphatic rings. The Labute approximate surface area is 388 Å². The number of nitrogens with one attached hydrogen (secondary N) is 5. The minimum absolute atomic E-state index is 0.0416. The summed E-state index contributed by atoms with van der Waals surface area (Å²) in [6.07, 6.45) is 6.87. The molecule has 3 aromatic carbocycles. The summed E-state index contributed by atoms with van der Waals surface area (Å²) in [7, 11) is 3.21. The zero-order valence-corrected chi connectivity index (χ0v) is 39.9. The summed E-state index contributed by atoms with van der Waals surface area (Å²) in [5, 5.41) is 23.4. The number of unbranched alkanes of at least 4 members (excludes halogenated alkanes) is 1. The Morgan fingerprint density at radius 3 is 2.09 bits per heavy atom. The van der Waals surface area contributed by atoms with Gasteiger partial charge in [-0.3, -0.25) is 28.8 Å². The quantitative estimate of drug-likeness (QED) is 0.0635. The van der Waals surface area contributed by atoms with E-state index in [0.29, 0.717) is 30.6 Å². The van der Waals surface area contributed by atoms with E-state index in [2.05, 4.69) is 32.7 Å². The number of carboxylic acid groups (broad SMARTS) is 1. The molecule has 1 heterocycles. The molecule has 4 atom stereocenters. The number of benzene rings is 3. The number of fused-ring (bicyclic) bond motifs is 2. The van der Waals surface area contributed by atoms with Gasteiger partial charge < -0.3 is 41.5 Å². The first kappa shape index (κ1) is 52.0. The van der Waals surface area contributed by atoms with Crippen LogP contribution in [0.25, 0.3) is 12.2 Å². The topological polar surface area (TPSA) is 206 Å². The number of para-hydroxylation sites is 1. The van der Waals surface area contributed by atoms with Gasteiger partial charge in [-0.1, -0.05) is 107 Å². The average Bonchev–Trinajstić information content (AvgIpc) is 3.26. The van der Waals surface area contributed by atoms with Crippen LogP contribution in [0.3, 0.4) is 0 Å². The number of carboxylic acids is 1. The van der Waals surface area contributed by atoms with E-state index < -0.39 is 58.7 Å². The first-order valence-electron chi connectivity index (χ1n) is 22.3. The number of aliphatic carboxylic acids is 1. The molecule has 15 heteroatoms. The lowest BCUT2D eigenvalue weighted by atomic mass is 9.76. The molecule has 15 nitrogen and oxygen atoms in total. The van der Waals surface area contributed by atoms with Gasteiger partial charge in [-0.2, -0.15) is 0 Å².